The maximum atomic E-state index is 13.3. The Morgan fingerprint density at radius 1 is 0.921 bits per heavy atom. The van der Waals surface area contributed by atoms with Crippen LogP contribution in [0.2, 0.25) is 0 Å². The summed E-state index contributed by atoms with van der Waals surface area (Å²) in [6.07, 6.45) is 1.38. The van der Waals surface area contributed by atoms with E-state index in [0.29, 0.717) is 12.8 Å². The minimum absolute atomic E-state index is 0.0911. The third-order valence-electron chi connectivity index (χ3n) is 6.24. The summed E-state index contributed by atoms with van der Waals surface area (Å²) >= 11 is 0. The van der Waals surface area contributed by atoms with Crippen LogP contribution >= 0.6 is 0 Å². The number of benzene rings is 1. The number of nitrogens with two attached hydrogens (primary N) is 3. The summed E-state index contributed by atoms with van der Waals surface area (Å²) in [6.45, 7) is 7.22. The molecule has 0 heterocycles. The standard InChI is InChI=1S/C26H43N7O5/c1-5-16(4)21(24(36)32-20(15(2)3)25(37)38)33-23(35)19(12-9-13-30-26(28)29)31-22(34)18(27)14-17-10-7-6-8-11-17/h6-8,10-11,15-16,18-21H,5,9,12-14,27H2,1-4H3,(H,31,34)(H,32,36)(H,33,35)(H,37,38)(H4,28,29,30). The highest BCUT2D eigenvalue weighted by Gasteiger charge is 2.33. The van der Waals surface area contributed by atoms with Crippen LogP contribution in [0.1, 0.15) is 52.5 Å². The first-order valence-corrected chi connectivity index (χ1v) is 12.9. The Bertz CT molecular complexity index is 951. The zero-order chi connectivity index (χ0) is 28.8. The third-order valence-corrected chi connectivity index (χ3v) is 6.24. The van der Waals surface area contributed by atoms with Gasteiger partial charge < -0.3 is 38.3 Å². The van der Waals surface area contributed by atoms with Gasteiger partial charge in [0.2, 0.25) is 17.7 Å². The summed E-state index contributed by atoms with van der Waals surface area (Å²) < 4.78 is 0. The molecule has 1 aromatic rings. The van der Waals surface area contributed by atoms with E-state index < -0.39 is 47.9 Å². The van der Waals surface area contributed by atoms with Crippen molar-refractivity contribution in [2.24, 2.45) is 34.0 Å². The van der Waals surface area contributed by atoms with Crippen molar-refractivity contribution in [2.75, 3.05) is 6.54 Å². The van der Waals surface area contributed by atoms with Crippen LogP contribution in [0.15, 0.2) is 35.3 Å². The van der Waals surface area contributed by atoms with Crippen LogP contribution in [0.5, 0.6) is 0 Å². The van der Waals surface area contributed by atoms with E-state index in [2.05, 4.69) is 20.9 Å². The number of carbonyl (C=O) groups is 4. The second kappa shape index (κ2) is 16.2. The van der Waals surface area contributed by atoms with Crippen LogP contribution in [-0.4, -0.2) is 65.5 Å². The summed E-state index contributed by atoms with van der Waals surface area (Å²) in [5.41, 5.74) is 17.7. The summed E-state index contributed by atoms with van der Waals surface area (Å²) in [5.74, 6) is -3.65. The molecule has 0 fully saturated rings. The predicted octanol–water partition coefficient (Wildman–Crippen LogP) is -0.149. The van der Waals surface area contributed by atoms with E-state index in [0.717, 1.165) is 5.56 Å². The molecule has 3 amide bonds. The van der Waals surface area contributed by atoms with Gasteiger partial charge in [0.25, 0.3) is 0 Å². The van der Waals surface area contributed by atoms with E-state index in [1.54, 1.807) is 20.8 Å². The third kappa shape index (κ3) is 11.2. The Kier molecular flexibility index (Phi) is 13.8. The lowest BCUT2D eigenvalue weighted by Gasteiger charge is -2.28. The van der Waals surface area contributed by atoms with Gasteiger partial charge in [0.1, 0.15) is 18.1 Å². The van der Waals surface area contributed by atoms with Crippen LogP contribution in [0, 0.1) is 11.8 Å². The molecule has 1 aromatic carbocycles. The smallest absolute Gasteiger partial charge is 0.326 e. The first kappa shape index (κ1) is 32.4. The van der Waals surface area contributed by atoms with Crippen LogP contribution in [0.3, 0.4) is 0 Å². The van der Waals surface area contributed by atoms with Crippen molar-refractivity contribution in [2.45, 2.75) is 77.5 Å². The number of rotatable bonds is 16. The SMILES string of the molecule is CCC(C)C(NC(=O)C(CCCN=C(N)N)NC(=O)C(N)Cc1ccccc1)C(=O)NC(C(=O)O)C(C)C. The Hall–Kier alpha value is -3.67. The molecular formula is C26H43N7O5. The number of nitrogens with one attached hydrogen (secondary N) is 3. The summed E-state index contributed by atoms with van der Waals surface area (Å²) in [5, 5.41) is 17.4. The fourth-order valence-corrected chi connectivity index (χ4v) is 3.72. The maximum absolute atomic E-state index is 13.3. The predicted molar refractivity (Wildman–Crippen MR) is 146 cm³/mol. The van der Waals surface area contributed by atoms with Crippen LogP contribution in [-0.2, 0) is 25.6 Å². The van der Waals surface area contributed by atoms with Gasteiger partial charge in [0, 0.05) is 6.54 Å². The molecule has 0 saturated heterocycles. The second-order valence-corrected chi connectivity index (χ2v) is 9.75. The van der Waals surface area contributed by atoms with Gasteiger partial charge in [-0.1, -0.05) is 64.4 Å². The molecule has 0 radical (unpaired) electrons. The highest BCUT2D eigenvalue weighted by molar-refractivity contribution is 5.94. The van der Waals surface area contributed by atoms with E-state index in [9.17, 15) is 24.3 Å². The van der Waals surface area contributed by atoms with E-state index >= 15 is 0 Å². The molecule has 5 unspecified atom stereocenters. The molecule has 0 aliphatic carbocycles. The lowest BCUT2D eigenvalue weighted by molar-refractivity contribution is -0.144. The van der Waals surface area contributed by atoms with E-state index in [1.165, 1.54) is 0 Å². The van der Waals surface area contributed by atoms with Gasteiger partial charge in [-0.25, -0.2) is 4.79 Å². The highest BCUT2D eigenvalue weighted by Crippen LogP contribution is 2.12. The molecular weight excluding hydrogens is 490 g/mol. The van der Waals surface area contributed by atoms with Gasteiger partial charge in [-0.3, -0.25) is 19.4 Å². The van der Waals surface area contributed by atoms with Crippen molar-refractivity contribution < 1.29 is 24.3 Å². The topological polar surface area (TPSA) is 215 Å². The lowest BCUT2D eigenvalue weighted by atomic mass is 9.96. The number of nitrogens with zero attached hydrogens (tertiary/aromatic N) is 1. The fourth-order valence-electron chi connectivity index (χ4n) is 3.72. The number of hydrogen-bond acceptors (Lipinski definition) is 6. The number of carboxylic acids is 1. The van der Waals surface area contributed by atoms with Gasteiger partial charge in [0.05, 0.1) is 6.04 Å². The molecule has 1 rings (SSSR count). The number of carbonyl (C=O) groups excluding carboxylic acids is 3. The molecule has 0 bridgehead atoms. The van der Waals surface area contributed by atoms with Crippen molar-refractivity contribution >= 4 is 29.7 Å². The Labute approximate surface area is 224 Å². The normalized spacial score (nSPS) is 14.9. The van der Waals surface area contributed by atoms with Crippen molar-refractivity contribution in [3.8, 4) is 0 Å². The quantitative estimate of drug-likeness (QED) is 0.0859. The van der Waals surface area contributed by atoms with Crippen molar-refractivity contribution in [1.29, 1.82) is 0 Å². The molecule has 0 saturated carbocycles. The molecule has 12 heteroatoms. The number of aliphatic carboxylic acids is 1. The van der Waals surface area contributed by atoms with Gasteiger partial charge in [0.15, 0.2) is 5.96 Å². The van der Waals surface area contributed by atoms with Crippen LogP contribution in [0.25, 0.3) is 0 Å². The monoisotopic (exact) mass is 533 g/mol. The van der Waals surface area contributed by atoms with Crippen LogP contribution < -0.4 is 33.2 Å². The first-order chi connectivity index (χ1) is 17.9. The molecule has 10 N–H and O–H groups in total. The largest absolute Gasteiger partial charge is 0.480 e. The van der Waals surface area contributed by atoms with Crippen molar-refractivity contribution in [3.63, 3.8) is 0 Å². The number of aliphatic imine (C=N–C) groups is 1. The minimum atomic E-state index is -1.17. The van der Waals surface area contributed by atoms with E-state index in [4.69, 9.17) is 17.2 Å². The van der Waals surface area contributed by atoms with Gasteiger partial charge in [-0.2, -0.15) is 0 Å². The minimum Gasteiger partial charge on any atom is -0.480 e. The zero-order valence-electron chi connectivity index (χ0n) is 22.6. The number of hydrogen-bond donors (Lipinski definition) is 7. The fraction of sp³-hybridized carbons (Fsp3) is 0.577. The Morgan fingerprint density at radius 2 is 1.53 bits per heavy atom. The van der Waals surface area contributed by atoms with E-state index in [-0.39, 0.29) is 37.2 Å². The van der Waals surface area contributed by atoms with Gasteiger partial charge in [-0.15, -0.1) is 0 Å². The molecule has 0 spiro atoms. The number of amides is 3. The zero-order valence-corrected chi connectivity index (χ0v) is 22.6. The van der Waals surface area contributed by atoms with Crippen molar-refractivity contribution in [3.05, 3.63) is 35.9 Å². The summed E-state index contributed by atoms with van der Waals surface area (Å²) in [6, 6.07) is 5.20. The summed E-state index contributed by atoms with van der Waals surface area (Å²) in [4.78, 5) is 54.8. The molecule has 212 valence electrons. The average molecular weight is 534 g/mol. The maximum Gasteiger partial charge on any atom is 0.326 e. The number of guanidine groups is 1. The number of carboxylic acid groups (broad SMARTS) is 1. The Balaban J connectivity index is 3.05. The molecule has 12 nitrogen and oxygen atoms in total. The molecule has 5 atom stereocenters. The second-order valence-electron chi connectivity index (χ2n) is 9.75. The molecule has 0 aliphatic rings. The van der Waals surface area contributed by atoms with Crippen molar-refractivity contribution in [1.82, 2.24) is 16.0 Å². The average Bonchev–Trinajstić information content (AvgIpc) is 2.86. The summed E-state index contributed by atoms with van der Waals surface area (Å²) in [7, 11) is 0. The Morgan fingerprint density at radius 3 is 2.05 bits per heavy atom. The molecule has 0 aromatic heterocycles. The van der Waals surface area contributed by atoms with Gasteiger partial charge >= 0.3 is 5.97 Å². The highest BCUT2D eigenvalue weighted by atomic mass is 16.4. The van der Waals surface area contributed by atoms with Crippen LogP contribution in [0.4, 0.5) is 0 Å². The van der Waals surface area contributed by atoms with Gasteiger partial charge in [-0.05, 0) is 36.7 Å². The lowest BCUT2D eigenvalue weighted by Crippen LogP contribution is -2.59. The van der Waals surface area contributed by atoms with E-state index in [1.807, 2.05) is 37.3 Å². The first-order valence-electron chi connectivity index (χ1n) is 12.9. The molecule has 0 aliphatic heterocycles. The molecule has 38 heavy (non-hydrogen) atoms.